The first-order chi connectivity index (χ1) is 10.8. The minimum atomic E-state index is 0.132. The van der Waals surface area contributed by atoms with E-state index in [4.69, 9.17) is 0 Å². The highest BCUT2D eigenvalue weighted by Gasteiger charge is 2.25. The number of carbonyl (C=O) groups is 1. The minimum Gasteiger partial charge on any atom is -0.326 e. The molecule has 1 amide bonds. The Morgan fingerprint density at radius 3 is 2.68 bits per heavy atom. The molecule has 1 fully saturated rings. The van der Waals surface area contributed by atoms with Crippen LogP contribution in [0.15, 0.2) is 54.9 Å². The van der Waals surface area contributed by atoms with E-state index in [1.54, 1.807) is 0 Å². The molecule has 110 valence electrons. The van der Waals surface area contributed by atoms with Gasteiger partial charge in [0.2, 0.25) is 5.91 Å². The Labute approximate surface area is 128 Å². The second-order valence-electron chi connectivity index (χ2n) is 5.77. The summed E-state index contributed by atoms with van der Waals surface area (Å²) in [6.45, 7) is 0. The highest BCUT2D eigenvalue weighted by molar-refractivity contribution is 5.95. The number of rotatable bonds is 3. The second kappa shape index (κ2) is 5.30. The molecule has 0 saturated heterocycles. The summed E-state index contributed by atoms with van der Waals surface area (Å²) in [6.07, 6.45) is 5.00. The summed E-state index contributed by atoms with van der Waals surface area (Å²) in [6, 6.07) is 16.0. The van der Waals surface area contributed by atoms with Gasteiger partial charge in [0.15, 0.2) is 0 Å². The predicted molar refractivity (Wildman–Crippen MR) is 87.0 cm³/mol. The average molecular weight is 291 g/mol. The minimum absolute atomic E-state index is 0.132. The molecule has 0 radical (unpaired) electrons. The number of hydrogen-bond acceptors (Lipinski definition) is 2. The van der Waals surface area contributed by atoms with Crippen LogP contribution >= 0.6 is 0 Å². The van der Waals surface area contributed by atoms with Crippen LogP contribution < -0.4 is 5.32 Å². The van der Waals surface area contributed by atoms with E-state index < -0.39 is 0 Å². The highest BCUT2D eigenvalue weighted by Crippen LogP contribution is 2.28. The Morgan fingerprint density at radius 1 is 1.14 bits per heavy atom. The third-order valence-electron chi connectivity index (χ3n) is 4.33. The van der Waals surface area contributed by atoms with E-state index in [0.29, 0.717) is 0 Å². The Bertz CT molecular complexity index is 819. The molecule has 4 heteroatoms. The molecule has 3 aromatic rings. The maximum Gasteiger partial charge on any atom is 0.227 e. The molecule has 1 N–H and O–H groups in total. The van der Waals surface area contributed by atoms with E-state index in [-0.39, 0.29) is 11.8 Å². The van der Waals surface area contributed by atoms with Gasteiger partial charge in [0.1, 0.15) is 6.33 Å². The predicted octanol–water partition coefficient (Wildman–Crippen LogP) is 3.76. The Balaban J connectivity index is 1.64. The smallest absolute Gasteiger partial charge is 0.227 e. The summed E-state index contributed by atoms with van der Waals surface area (Å²) in [7, 11) is 0. The zero-order valence-corrected chi connectivity index (χ0v) is 12.2. The van der Waals surface area contributed by atoms with Crippen LogP contribution in [0.1, 0.15) is 19.3 Å². The summed E-state index contributed by atoms with van der Waals surface area (Å²) in [5.41, 5.74) is 3.82. The number of para-hydroxylation sites is 1. The van der Waals surface area contributed by atoms with Crippen LogP contribution in [-0.4, -0.2) is 15.5 Å². The Morgan fingerprint density at radius 2 is 1.95 bits per heavy atom. The first-order valence-corrected chi connectivity index (χ1v) is 7.65. The van der Waals surface area contributed by atoms with Gasteiger partial charge in [-0.1, -0.05) is 24.6 Å². The number of fused-ring (bicyclic) bond motifs is 1. The lowest BCUT2D eigenvalue weighted by molar-refractivity contribution is -0.122. The standard InChI is InChI=1S/C18H17N3O/c22-18(13-5-4-6-13)20-14-9-10-17-16(11-14)19-12-21(17)15-7-2-1-3-8-15/h1-3,7-13H,4-6H2,(H,20,22). The van der Waals surface area contributed by atoms with Crippen LogP contribution in [0.2, 0.25) is 0 Å². The number of nitrogens with zero attached hydrogens (tertiary/aromatic N) is 2. The van der Waals surface area contributed by atoms with Crippen LogP contribution in [0, 0.1) is 5.92 Å². The fraction of sp³-hybridized carbons (Fsp3) is 0.222. The largest absolute Gasteiger partial charge is 0.326 e. The quantitative estimate of drug-likeness (QED) is 0.798. The molecular formula is C18H17N3O. The molecule has 4 rings (SSSR count). The van der Waals surface area contributed by atoms with Crippen molar-refractivity contribution in [2.45, 2.75) is 19.3 Å². The van der Waals surface area contributed by atoms with Crippen LogP contribution in [0.5, 0.6) is 0 Å². The summed E-state index contributed by atoms with van der Waals surface area (Å²) in [5, 5.41) is 3.00. The van der Waals surface area contributed by atoms with Gasteiger partial charge in [0.05, 0.1) is 11.0 Å². The molecular weight excluding hydrogens is 274 g/mol. The van der Waals surface area contributed by atoms with Crippen LogP contribution in [0.4, 0.5) is 5.69 Å². The van der Waals surface area contributed by atoms with Gasteiger partial charge in [-0.05, 0) is 43.2 Å². The number of benzene rings is 2. The first kappa shape index (κ1) is 13.1. The van der Waals surface area contributed by atoms with E-state index in [1.807, 2.05) is 59.4 Å². The molecule has 1 saturated carbocycles. The zero-order valence-electron chi connectivity index (χ0n) is 12.2. The normalized spacial score (nSPS) is 14.7. The van der Waals surface area contributed by atoms with Crippen LogP contribution in [0.3, 0.4) is 0 Å². The lowest BCUT2D eigenvalue weighted by atomic mass is 9.85. The van der Waals surface area contributed by atoms with E-state index >= 15 is 0 Å². The van der Waals surface area contributed by atoms with Gasteiger partial charge >= 0.3 is 0 Å². The maximum atomic E-state index is 12.0. The molecule has 0 atom stereocenters. The third kappa shape index (κ3) is 2.26. The number of hydrogen-bond donors (Lipinski definition) is 1. The molecule has 1 aliphatic rings. The van der Waals surface area contributed by atoms with Crippen molar-refractivity contribution >= 4 is 22.6 Å². The van der Waals surface area contributed by atoms with E-state index in [9.17, 15) is 4.79 Å². The van der Waals surface area contributed by atoms with E-state index in [0.717, 1.165) is 35.2 Å². The van der Waals surface area contributed by atoms with Gasteiger partial charge in [0.25, 0.3) is 0 Å². The number of anilines is 1. The molecule has 0 bridgehead atoms. The summed E-state index contributed by atoms with van der Waals surface area (Å²) in [5.74, 6) is 0.325. The molecule has 1 heterocycles. The summed E-state index contributed by atoms with van der Waals surface area (Å²) < 4.78 is 2.05. The number of carbonyl (C=O) groups excluding carboxylic acids is 1. The fourth-order valence-electron chi connectivity index (χ4n) is 2.80. The van der Waals surface area contributed by atoms with Crippen LogP contribution in [0.25, 0.3) is 16.7 Å². The molecule has 1 aliphatic carbocycles. The van der Waals surface area contributed by atoms with Gasteiger partial charge in [-0.2, -0.15) is 0 Å². The van der Waals surface area contributed by atoms with Crippen molar-refractivity contribution in [1.82, 2.24) is 9.55 Å². The van der Waals surface area contributed by atoms with Crippen molar-refractivity contribution in [3.8, 4) is 5.69 Å². The lowest BCUT2D eigenvalue weighted by Gasteiger charge is -2.24. The van der Waals surface area contributed by atoms with Gasteiger partial charge in [-0.25, -0.2) is 4.98 Å². The van der Waals surface area contributed by atoms with Gasteiger partial charge < -0.3 is 5.32 Å². The number of nitrogens with one attached hydrogen (secondary N) is 1. The van der Waals surface area contributed by atoms with Crippen molar-refractivity contribution in [3.63, 3.8) is 0 Å². The molecule has 0 unspecified atom stereocenters. The molecule has 0 spiro atoms. The van der Waals surface area contributed by atoms with Gasteiger partial charge in [-0.3, -0.25) is 9.36 Å². The fourth-order valence-corrected chi connectivity index (χ4v) is 2.80. The van der Waals surface area contributed by atoms with Crippen LogP contribution in [-0.2, 0) is 4.79 Å². The molecule has 4 nitrogen and oxygen atoms in total. The SMILES string of the molecule is O=C(Nc1ccc2c(c1)ncn2-c1ccccc1)C1CCC1. The van der Waals surface area contributed by atoms with E-state index in [1.165, 1.54) is 6.42 Å². The molecule has 22 heavy (non-hydrogen) atoms. The highest BCUT2D eigenvalue weighted by atomic mass is 16.1. The summed E-state index contributed by atoms with van der Waals surface area (Å²) in [4.78, 5) is 16.5. The number of amides is 1. The molecule has 2 aromatic carbocycles. The second-order valence-corrected chi connectivity index (χ2v) is 5.77. The molecule has 0 aliphatic heterocycles. The van der Waals surface area contributed by atoms with Crippen molar-refractivity contribution in [2.75, 3.05) is 5.32 Å². The average Bonchev–Trinajstić information content (AvgIpc) is 2.89. The van der Waals surface area contributed by atoms with E-state index in [2.05, 4.69) is 10.3 Å². The third-order valence-corrected chi connectivity index (χ3v) is 4.33. The van der Waals surface area contributed by atoms with Crippen molar-refractivity contribution < 1.29 is 4.79 Å². The topological polar surface area (TPSA) is 46.9 Å². The number of imidazole rings is 1. The Hall–Kier alpha value is -2.62. The van der Waals surface area contributed by atoms with Crippen molar-refractivity contribution in [1.29, 1.82) is 0 Å². The van der Waals surface area contributed by atoms with Crippen molar-refractivity contribution in [3.05, 3.63) is 54.9 Å². The monoisotopic (exact) mass is 291 g/mol. The lowest BCUT2D eigenvalue weighted by Crippen LogP contribution is -2.27. The number of aromatic nitrogens is 2. The maximum absolute atomic E-state index is 12.0. The summed E-state index contributed by atoms with van der Waals surface area (Å²) >= 11 is 0. The van der Waals surface area contributed by atoms with Crippen molar-refractivity contribution in [2.24, 2.45) is 5.92 Å². The Kier molecular flexibility index (Phi) is 3.15. The molecule has 1 aromatic heterocycles. The first-order valence-electron chi connectivity index (χ1n) is 7.65. The van der Waals surface area contributed by atoms with Gasteiger partial charge in [-0.15, -0.1) is 0 Å². The van der Waals surface area contributed by atoms with Gasteiger partial charge in [0, 0.05) is 17.3 Å². The zero-order chi connectivity index (χ0) is 14.9.